The van der Waals surface area contributed by atoms with Crippen molar-refractivity contribution in [3.05, 3.63) is 23.8 Å². The highest BCUT2D eigenvalue weighted by Crippen LogP contribution is 2.32. The third kappa shape index (κ3) is 1.68. The van der Waals surface area contributed by atoms with Gasteiger partial charge >= 0.3 is 0 Å². The molecule has 0 amide bonds. The average molecular weight is 195 g/mol. The van der Waals surface area contributed by atoms with Crippen LogP contribution in [-0.4, -0.2) is 16.8 Å². The number of hydrogen-bond acceptors (Lipinski definition) is 4. The van der Waals surface area contributed by atoms with Crippen LogP contribution in [0.5, 0.6) is 0 Å². The molecule has 2 N–H and O–H groups in total. The lowest BCUT2D eigenvalue weighted by atomic mass is 10.2. The van der Waals surface area contributed by atoms with Gasteiger partial charge in [-0.2, -0.15) is 0 Å². The first kappa shape index (κ1) is 8.59. The standard InChI is InChI=1S/C9H9NO2S/c11-5-6-1-2-8-7(3-6)10-4-9(12)13-8/h1-3,10-11H,4-5H2. The van der Waals surface area contributed by atoms with Crippen molar-refractivity contribution >= 4 is 22.6 Å². The van der Waals surface area contributed by atoms with Crippen molar-refractivity contribution in [1.82, 2.24) is 0 Å². The van der Waals surface area contributed by atoms with Crippen molar-refractivity contribution in [2.45, 2.75) is 11.5 Å². The largest absolute Gasteiger partial charge is 0.392 e. The van der Waals surface area contributed by atoms with Crippen LogP contribution in [0.3, 0.4) is 0 Å². The molecular weight excluding hydrogens is 186 g/mol. The monoisotopic (exact) mass is 195 g/mol. The first-order chi connectivity index (χ1) is 6.29. The van der Waals surface area contributed by atoms with Gasteiger partial charge in [0.15, 0.2) is 0 Å². The molecule has 13 heavy (non-hydrogen) atoms. The minimum Gasteiger partial charge on any atom is -0.392 e. The van der Waals surface area contributed by atoms with E-state index in [4.69, 9.17) is 5.11 Å². The molecular formula is C9H9NO2S. The molecule has 1 heterocycles. The Hall–Kier alpha value is -1.00. The SMILES string of the molecule is O=C1CNc2cc(CO)ccc2S1. The Bertz CT molecular complexity index is 351. The number of carbonyl (C=O) groups excluding carboxylic acids is 1. The van der Waals surface area contributed by atoms with Gasteiger partial charge in [0.05, 0.1) is 13.2 Å². The number of benzene rings is 1. The molecule has 0 atom stereocenters. The minimum atomic E-state index is 0.0353. The number of carbonyl (C=O) groups is 1. The molecule has 1 aliphatic heterocycles. The number of anilines is 1. The van der Waals surface area contributed by atoms with Crippen LogP contribution < -0.4 is 5.32 Å². The number of rotatable bonds is 1. The highest BCUT2D eigenvalue weighted by Gasteiger charge is 2.15. The van der Waals surface area contributed by atoms with Crippen LogP contribution in [0.15, 0.2) is 23.1 Å². The second-order valence-electron chi connectivity index (χ2n) is 2.82. The predicted molar refractivity (Wildman–Crippen MR) is 51.7 cm³/mol. The van der Waals surface area contributed by atoms with E-state index in [9.17, 15) is 4.79 Å². The Morgan fingerprint density at radius 3 is 3.15 bits per heavy atom. The zero-order chi connectivity index (χ0) is 9.26. The van der Waals surface area contributed by atoms with Gasteiger partial charge < -0.3 is 10.4 Å². The lowest BCUT2D eigenvalue weighted by Crippen LogP contribution is -2.15. The quantitative estimate of drug-likeness (QED) is 0.707. The Labute approximate surface area is 80.1 Å². The lowest BCUT2D eigenvalue weighted by Gasteiger charge is -2.16. The smallest absolute Gasteiger partial charge is 0.212 e. The van der Waals surface area contributed by atoms with Gasteiger partial charge in [-0.15, -0.1) is 0 Å². The van der Waals surface area contributed by atoms with E-state index in [-0.39, 0.29) is 11.7 Å². The lowest BCUT2D eigenvalue weighted by molar-refractivity contribution is -0.109. The van der Waals surface area contributed by atoms with E-state index in [0.717, 1.165) is 16.1 Å². The second kappa shape index (κ2) is 3.40. The Morgan fingerprint density at radius 1 is 1.54 bits per heavy atom. The topological polar surface area (TPSA) is 49.3 Å². The molecule has 1 aromatic carbocycles. The summed E-state index contributed by atoms with van der Waals surface area (Å²) in [5.41, 5.74) is 1.80. The number of aliphatic hydroxyl groups excluding tert-OH is 1. The van der Waals surface area contributed by atoms with Gasteiger partial charge in [-0.3, -0.25) is 4.79 Å². The molecule has 2 rings (SSSR count). The van der Waals surface area contributed by atoms with E-state index in [2.05, 4.69) is 5.32 Å². The van der Waals surface area contributed by atoms with E-state index in [0.29, 0.717) is 6.54 Å². The summed E-state index contributed by atoms with van der Waals surface area (Å²) in [4.78, 5) is 12.0. The van der Waals surface area contributed by atoms with Gasteiger partial charge in [-0.25, -0.2) is 0 Å². The van der Waals surface area contributed by atoms with Gasteiger partial charge in [0.2, 0.25) is 5.12 Å². The van der Waals surface area contributed by atoms with Crippen molar-refractivity contribution < 1.29 is 9.90 Å². The summed E-state index contributed by atoms with van der Waals surface area (Å²) < 4.78 is 0. The van der Waals surface area contributed by atoms with Crippen LogP contribution in [0.1, 0.15) is 5.56 Å². The summed E-state index contributed by atoms with van der Waals surface area (Å²) in [5, 5.41) is 12.0. The maximum atomic E-state index is 11.0. The molecule has 0 fully saturated rings. The molecule has 3 nitrogen and oxygen atoms in total. The number of aliphatic hydroxyl groups is 1. The number of fused-ring (bicyclic) bond motifs is 1. The van der Waals surface area contributed by atoms with Crippen molar-refractivity contribution in [2.75, 3.05) is 11.9 Å². The Morgan fingerprint density at radius 2 is 2.38 bits per heavy atom. The van der Waals surface area contributed by atoms with E-state index in [1.165, 1.54) is 11.8 Å². The van der Waals surface area contributed by atoms with Crippen molar-refractivity contribution in [3.8, 4) is 0 Å². The third-order valence-electron chi connectivity index (χ3n) is 1.87. The summed E-state index contributed by atoms with van der Waals surface area (Å²) in [5.74, 6) is 0. The van der Waals surface area contributed by atoms with E-state index < -0.39 is 0 Å². The Balaban J connectivity index is 2.36. The number of thioether (sulfide) groups is 1. The normalized spacial score (nSPS) is 15.0. The fourth-order valence-electron chi connectivity index (χ4n) is 1.23. The molecule has 0 bridgehead atoms. The zero-order valence-corrected chi connectivity index (χ0v) is 7.73. The molecule has 0 aliphatic carbocycles. The molecule has 4 heteroatoms. The molecule has 0 aromatic heterocycles. The molecule has 0 unspecified atom stereocenters. The van der Waals surface area contributed by atoms with E-state index in [1.807, 2.05) is 18.2 Å². The van der Waals surface area contributed by atoms with Crippen molar-refractivity contribution in [3.63, 3.8) is 0 Å². The Kier molecular flexibility index (Phi) is 2.24. The van der Waals surface area contributed by atoms with E-state index in [1.54, 1.807) is 0 Å². The van der Waals surface area contributed by atoms with Gasteiger partial charge in [0, 0.05) is 10.6 Å². The van der Waals surface area contributed by atoms with Crippen LogP contribution in [0, 0.1) is 0 Å². The summed E-state index contributed by atoms with van der Waals surface area (Å²) in [7, 11) is 0. The van der Waals surface area contributed by atoms with Crippen molar-refractivity contribution in [1.29, 1.82) is 0 Å². The zero-order valence-electron chi connectivity index (χ0n) is 6.91. The molecule has 0 saturated carbocycles. The van der Waals surface area contributed by atoms with Crippen LogP contribution in [0.25, 0.3) is 0 Å². The van der Waals surface area contributed by atoms with Crippen LogP contribution in [0.4, 0.5) is 5.69 Å². The summed E-state index contributed by atoms with van der Waals surface area (Å²) in [6.07, 6.45) is 0. The van der Waals surface area contributed by atoms with Gasteiger partial charge in [0.25, 0.3) is 0 Å². The third-order valence-corrected chi connectivity index (χ3v) is 2.82. The first-order valence-corrected chi connectivity index (χ1v) is 4.79. The van der Waals surface area contributed by atoms with Gasteiger partial charge in [-0.05, 0) is 29.5 Å². The minimum absolute atomic E-state index is 0.0353. The summed E-state index contributed by atoms with van der Waals surface area (Å²) >= 11 is 1.25. The second-order valence-corrected chi connectivity index (χ2v) is 3.92. The predicted octanol–water partition coefficient (Wildman–Crippen LogP) is 1.22. The number of hydrogen-bond donors (Lipinski definition) is 2. The fraction of sp³-hybridized carbons (Fsp3) is 0.222. The molecule has 1 aromatic rings. The van der Waals surface area contributed by atoms with Gasteiger partial charge in [-0.1, -0.05) is 6.07 Å². The molecule has 1 aliphatic rings. The summed E-state index contributed by atoms with van der Waals surface area (Å²) in [6, 6.07) is 5.55. The number of nitrogens with one attached hydrogen (secondary N) is 1. The van der Waals surface area contributed by atoms with Crippen LogP contribution in [-0.2, 0) is 11.4 Å². The van der Waals surface area contributed by atoms with Crippen LogP contribution in [0.2, 0.25) is 0 Å². The van der Waals surface area contributed by atoms with Crippen LogP contribution >= 0.6 is 11.8 Å². The highest BCUT2D eigenvalue weighted by molar-refractivity contribution is 8.14. The molecule has 68 valence electrons. The maximum absolute atomic E-state index is 11.0. The maximum Gasteiger partial charge on any atom is 0.212 e. The molecule has 0 spiro atoms. The first-order valence-electron chi connectivity index (χ1n) is 3.98. The molecule has 0 saturated heterocycles. The van der Waals surface area contributed by atoms with Gasteiger partial charge in [0.1, 0.15) is 0 Å². The fourth-order valence-corrected chi connectivity index (χ4v) is 2.00. The highest BCUT2D eigenvalue weighted by atomic mass is 32.2. The molecule has 0 radical (unpaired) electrons. The average Bonchev–Trinajstić information content (AvgIpc) is 2.17. The van der Waals surface area contributed by atoms with Crippen molar-refractivity contribution in [2.24, 2.45) is 0 Å². The summed E-state index contributed by atoms with van der Waals surface area (Å²) in [6.45, 7) is 0.403. The van der Waals surface area contributed by atoms with E-state index >= 15 is 0 Å².